The second-order valence-electron chi connectivity index (χ2n) is 7.35. The second kappa shape index (κ2) is 12.6. The fourth-order valence-electron chi connectivity index (χ4n) is 3.11. The van der Waals surface area contributed by atoms with Crippen LogP contribution in [-0.4, -0.2) is 30.6 Å². The van der Waals surface area contributed by atoms with Crippen molar-refractivity contribution >= 4 is 17.9 Å². The minimum absolute atomic E-state index is 0.0703. The van der Waals surface area contributed by atoms with Gasteiger partial charge in [-0.15, -0.1) is 0 Å². The maximum absolute atomic E-state index is 12.8. The molecule has 0 aliphatic heterocycles. The van der Waals surface area contributed by atoms with E-state index in [1.165, 1.54) is 0 Å². The van der Waals surface area contributed by atoms with Gasteiger partial charge in [-0.1, -0.05) is 60.7 Å². The van der Waals surface area contributed by atoms with Gasteiger partial charge in [0.15, 0.2) is 0 Å². The summed E-state index contributed by atoms with van der Waals surface area (Å²) in [5, 5.41) is 2.58. The molecule has 8 heteroatoms. The van der Waals surface area contributed by atoms with Gasteiger partial charge in [-0.25, -0.2) is 4.79 Å². The summed E-state index contributed by atoms with van der Waals surface area (Å²) in [6.45, 7) is 2.46. The Balaban J connectivity index is 1.59. The molecular formula is C26H27N3O5. The van der Waals surface area contributed by atoms with Gasteiger partial charge in [0.2, 0.25) is 0 Å². The molecule has 0 bridgehead atoms. The summed E-state index contributed by atoms with van der Waals surface area (Å²) >= 11 is 0. The van der Waals surface area contributed by atoms with Crippen molar-refractivity contribution in [1.29, 1.82) is 0 Å². The Hall–Kier alpha value is -4.33. The van der Waals surface area contributed by atoms with E-state index in [-0.39, 0.29) is 13.0 Å². The number of carbonyl (C=O) groups is 3. The van der Waals surface area contributed by atoms with Crippen LogP contribution in [0, 0.1) is 0 Å². The first-order chi connectivity index (χ1) is 16.5. The Bertz CT molecular complexity index is 1070. The van der Waals surface area contributed by atoms with Gasteiger partial charge in [0.05, 0.1) is 6.61 Å². The maximum atomic E-state index is 12.8. The summed E-state index contributed by atoms with van der Waals surface area (Å²) in [6, 6.07) is 24.0. The van der Waals surface area contributed by atoms with Gasteiger partial charge in [0.1, 0.15) is 18.4 Å². The Labute approximate surface area is 198 Å². The summed E-state index contributed by atoms with van der Waals surface area (Å²) < 4.78 is 10.6. The molecule has 0 fully saturated rings. The standard InChI is InChI=1S/C26H27N3O5/c1-2-33-22-15-13-21(14-16-22)24(30)28-29-25(31)23(17-19-9-5-3-6-10-19)27-26(32)34-18-20-11-7-4-8-12-20/h3-16,23H,2,17-18H2,1H3,(H,27,32)(H,28,30)(H,29,31)/t23-/m0/s1. The zero-order chi connectivity index (χ0) is 24.2. The van der Waals surface area contributed by atoms with E-state index in [0.29, 0.717) is 17.9 Å². The summed E-state index contributed by atoms with van der Waals surface area (Å²) in [4.78, 5) is 37.6. The van der Waals surface area contributed by atoms with Crippen molar-refractivity contribution in [3.05, 3.63) is 102 Å². The number of amides is 3. The highest BCUT2D eigenvalue weighted by Gasteiger charge is 2.23. The smallest absolute Gasteiger partial charge is 0.408 e. The van der Waals surface area contributed by atoms with Crippen LogP contribution in [0.2, 0.25) is 0 Å². The molecule has 0 aliphatic rings. The molecule has 3 aromatic carbocycles. The molecule has 3 amide bonds. The van der Waals surface area contributed by atoms with Crippen LogP contribution in [0.15, 0.2) is 84.9 Å². The topological polar surface area (TPSA) is 106 Å². The molecule has 34 heavy (non-hydrogen) atoms. The Morgan fingerprint density at radius 1 is 0.794 bits per heavy atom. The first kappa shape index (κ1) is 24.3. The SMILES string of the molecule is CCOc1ccc(C(=O)NNC(=O)[C@H](Cc2ccccc2)NC(=O)OCc2ccccc2)cc1. The molecule has 1 atom stereocenters. The Morgan fingerprint density at radius 3 is 2.03 bits per heavy atom. The highest BCUT2D eigenvalue weighted by Crippen LogP contribution is 2.12. The second-order valence-corrected chi connectivity index (χ2v) is 7.35. The lowest BCUT2D eigenvalue weighted by Crippen LogP contribution is -2.53. The van der Waals surface area contributed by atoms with Gasteiger partial charge in [0, 0.05) is 12.0 Å². The monoisotopic (exact) mass is 461 g/mol. The van der Waals surface area contributed by atoms with Crippen LogP contribution in [0.1, 0.15) is 28.4 Å². The molecule has 3 aromatic rings. The van der Waals surface area contributed by atoms with Crippen molar-refractivity contribution in [1.82, 2.24) is 16.2 Å². The average Bonchev–Trinajstić information content (AvgIpc) is 2.87. The summed E-state index contributed by atoms with van der Waals surface area (Å²) in [7, 11) is 0. The van der Waals surface area contributed by atoms with E-state index in [9.17, 15) is 14.4 Å². The van der Waals surface area contributed by atoms with Crippen molar-refractivity contribution in [2.45, 2.75) is 26.0 Å². The lowest BCUT2D eigenvalue weighted by atomic mass is 10.1. The lowest BCUT2D eigenvalue weighted by molar-refractivity contribution is -0.123. The largest absolute Gasteiger partial charge is 0.494 e. The Morgan fingerprint density at radius 2 is 1.41 bits per heavy atom. The van der Waals surface area contributed by atoms with Gasteiger partial charge in [-0.05, 0) is 42.3 Å². The molecule has 3 N–H and O–H groups in total. The number of hydrazine groups is 1. The molecule has 8 nitrogen and oxygen atoms in total. The van der Waals surface area contributed by atoms with Crippen LogP contribution in [0.5, 0.6) is 5.75 Å². The molecule has 0 spiro atoms. The number of hydrogen-bond donors (Lipinski definition) is 3. The molecule has 0 saturated heterocycles. The van der Waals surface area contributed by atoms with Crippen LogP contribution >= 0.6 is 0 Å². The number of benzene rings is 3. The third kappa shape index (κ3) is 7.67. The fourth-order valence-corrected chi connectivity index (χ4v) is 3.11. The van der Waals surface area contributed by atoms with Crippen molar-refractivity contribution < 1.29 is 23.9 Å². The van der Waals surface area contributed by atoms with E-state index in [4.69, 9.17) is 9.47 Å². The molecular weight excluding hydrogens is 434 g/mol. The maximum Gasteiger partial charge on any atom is 0.408 e. The van der Waals surface area contributed by atoms with E-state index in [2.05, 4.69) is 16.2 Å². The van der Waals surface area contributed by atoms with E-state index >= 15 is 0 Å². The third-order valence-electron chi connectivity index (χ3n) is 4.83. The summed E-state index contributed by atoms with van der Waals surface area (Å²) in [5.74, 6) is -0.439. The third-order valence-corrected chi connectivity index (χ3v) is 4.83. The molecule has 0 heterocycles. The number of rotatable bonds is 9. The number of alkyl carbamates (subject to hydrolysis) is 1. The van der Waals surface area contributed by atoms with Crippen molar-refractivity contribution in [3.8, 4) is 5.75 Å². The van der Waals surface area contributed by atoms with Crippen LogP contribution in [0.4, 0.5) is 4.79 Å². The van der Waals surface area contributed by atoms with Gasteiger partial charge < -0.3 is 14.8 Å². The van der Waals surface area contributed by atoms with Crippen LogP contribution < -0.4 is 20.9 Å². The normalized spacial score (nSPS) is 11.1. The first-order valence-electron chi connectivity index (χ1n) is 10.9. The van der Waals surface area contributed by atoms with Crippen molar-refractivity contribution in [2.75, 3.05) is 6.61 Å². The van der Waals surface area contributed by atoms with Gasteiger partial charge in [0.25, 0.3) is 11.8 Å². The Kier molecular flexibility index (Phi) is 9.04. The first-order valence-corrected chi connectivity index (χ1v) is 10.9. The molecule has 0 aliphatic carbocycles. The summed E-state index contributed by atoms with van der Waals surface area (Å²) in [6.07, 6.45) is -0.524. The highest BCUT2D eigenvalue weighted by molar-refractivity contribution is 5.96. The highest BCUT2D eigenvalue weighted by atomic mass is 16.5. The van der Waals surface area contributed by atoms with Crippen molar-refractivity contribution in [2.24, 2.45) is 0 Å². The minimum atomic E-state index is -0.966. The van der Waals surface area contributed by atoms with Gasteiger partial charge in [-0.2, -0.15) is 0 Å². The van der Waals surface area contributed by atoms with E-state index in [1.807, 2.05) is 67.6 Å². The number of ether oxygens (including phenoxy) is 2. The van der Waals surface area contributed by atoms with Gasteiger partial charge in [-0.3, -0.25) is 20.4 Å². The number of carbonyl (C=O) groups excluding carboxylic acids is 3. The van der Waals surface area contributed by atoms with Crippen LogP contribution in [0.25, 0.3) is 0 Å². The molecule has 0 saturated carbocycles. The van der Waals surface area contributed by atoms with Gasteiger partial charge >= 0.3 is 6.09 Å². The fraction of sp³-hybridized carbons (Fsp3) is 0.192. The molecule has 0 unspecified atom stereocenters. The van der Waals surface area contributed by atoms with Crippen LogP contribution in [0.3, 0.4) is 0 Å². The number of nitrogens with one attached hydrogen (secondary N) is 3. The van der Waals surface area contributed by atoms with E-state index < -0.39 is 23.9 Å². The zero-order valence-electron chi connectivity index (χ0n) is 18.8. The predicted octanol–water partition coefficient (Wildman–Crippen LogP) is 3.38. The molecule has 0 aromatic heterocycles. The quantitative estimate of drug-likeness (QED) is 0.424. The van der Waals surface area contributed by atoms with E-state index in [1.54, 1.807) is 24.3 Å². The molecule has 176 valence electrons. The minimum Gasteiger partial charge on any atom is -0.494 e. The number of hydrogen-bond acceptors (Lipinski definition) is 5. The zero-order valence-corrected chi connectivity index (χ0v) is 18.8. The van der Waals surface area contributed by atoms with Crippen LogP contribution in [-0.2, 0) is 22.6 Å². The van der Waals surface area contributed by atoms with E-state index in [0.717, 1.165) is 11.1 Å². The van der Waals surface area contributed by atoms with Crippen molar-refractivity contribution in [3.63, 3.8) is 0 Å². The predicted molar refractivity (Wildman–Crippen MR) is 127 cm³/mol. The average molecular weight is 462 g/mol. The lowest BCUT2D eigenvalue weighted by Gasteiger charge is -2.19. The summed E-state index contributed by atoms with van der Waals surface area (Å²) in [5.41, 5.74) is 6.76. The molecule has 3 rings (SSSR count). The molecule has 0 radical (unpaired) electrons.